The minimum absolute atomic E-state index is 0.00472. The van der Waals surface area contributed by atoms with Crippen LogP contribution in [0.3, 0.4) is 0 Å². The summed E-state index contributed by atoms with van der Waals surface area (Å²) in [5, 5.41) is 22.6. The van der Waals surface area contributed by atoms with Gasteiger partial charge in [0.05, 0.1) is 21.5 Å². The molecule has 4 rings (SSSR count). The molecular formula is C23H12N2O7. The monoisotopic (exact) mass is 428 g/mol. The molecule has 0 saturated heterocycles. The predicted octanol–water partition coefficient (Wildman–Crippen LogP) is 4.22. The number of Topliss-reactive ketones (excluding diaryl/α,β-unsaturated/α-hetero) is 3. The molecule has 32 heavy (non-hydrogen) atoms. The summed E-state index contributed by atoms with van der Waals surface area (Å²) in [6.07, 6.45) is 0. The van der Waals surface area contributed by atoms with E-state index in [-0.39, 0.29) is 16.7 Å². The first kappa shape index (κ1) is 20.5. The van der Waals surface area contributed by atoms with Gasteiger partial charge in [-0.3, -0.25) is 34.6 Å². The van der Waals surface area contributed by atoms with Crippen LogP contribution in [-0.2, 0) is 0 Å². The van der Waals surface area contributed by atoms with Crippen LogP contribution in [0, 0.1) is 20.2 Å². The van der Waals surface area contributed by atoms with E-state index >= 15 is 0 Å². The highest BCUT2D eigenvalue weighted by Crippen LogP contribution is 2.36. The van der Waals surface area contributed by atoms with Crippen LogP contribution >= 0.6 is 0 Å². The number of ketones is 3. The van der Waals surface area contributed by atoms with Gasteiger partial charge in [-0.1, -0.05) is 54.6 Å². The van der Waals surface area contributed by atoms with Gasteiger partial charge >= 0.3 is 0 Å². The maximum Gasteiger partial charge on any atom is 0.287 e. The number of nitro benzene ring substituents is 2. The number of hydrogen-bond acceptors (Lipinski definition) is 7. The summed E-state index contributed by atoms with van der Waals surface area (Å²) < 4.78 is 0. The molecular weight excluding hydrogens is 416 g/mol. The average Bonchev–Trinajstić information content (AvgIpc) is 2.80. The second-order valence-corrected chi connectivity index (χ2v) is 6.86. The fourth-order valence-electron chi connectivity index (χ4n) is 3.58. The maximum atomic E-state index is 13.5. The molecule has 0 atom stereocenters. The number of carbonyl (C=O) groups is 3. The number of fused-ring (bicyclic) bond motifs is 1. The van der Waals surface area contributed by atoms with Crippen molar-refractivity contribution in [2.24, 2.45) is 0 Å². The summed E-state index contributed by atoms with van der Waals surface area (Å²) in [5.74, 6) is -2.38. The van der Waals surface area contributed by atoms with Crippen molar-refractivity contribution in [1.29, 1.82) is 0 Å². The van der Waals surface area contributed by atoms with Crippen molar-refractivity contribution >= 4 is 34.3 Å². The summed E-state index contributed by atoms with van der Waals surface area (Å²) >= 11 is 0. The van der Waals surface area contributed by atoms with Crippen LogP contribution in [0.1, 0.15) is 36.6 Å². The van der Waals surface area contributed by atoms with Gasteiger partial charge in [-0.25, -0.2) is 0 Å². The third-order valence-corrected chi connectivity index (χ3v) is 5.04. The Hall–Kier alpha value is -4.79. The molecule has 0 bridgehead atoms. The number of hydrogen-bond donors (Lipinski definition) is 0. The topological polar surface area (TPSA) is 137 Å². The molecule has 0 saturated carbocycles. The van der Waals surface area contributed by atoms with E-state index < -0.39 is 49.7 Å². The summed E-state index contributed by atoms with van der Waals surface area (Å²) in [6.45, 7) is 0. The van der Waals surface area contributed by atoms with Crippen LogP contribution in [0.2, 0.25) is 0 Å². The molecule has 0 heterocycles. The van der Waals surface area contributed by atoms with Gasteiger partial charge in [0.15, 0.2) is 11.6 Å². The highest BCUT2D eigenvalue weighted by atomic mass is 16.6. The smallest absolute Gasteiger partial charge is 0.287 e. The number of allylic oxidation sites excluding steroid dienone is 2. The summed E-state index contributed by atoms with van der Waals surface area (Å²) in [7, 11) is 0. The first-order chi connectivity index (χ1) is 15.3. The summed E-state index contributed by atoms with van der Waals surface area (Å²) in [4.78, 5) is 60.8. The van der Waals surface area contributed by atoms with Crippen LogP contribution in [0.5, 0.6) is 0 Å². The van der Waals surface area contributed by atoms with Crippen molar-refractivity contribution < 1.29 is 24.2 Å². The number of rotatable bonds is 5. The molecule has 1 aliphatic rings. The zero-order valence-corrected chi connectivity index (χ0v) is 16.2. The third kappa shape index (κ3) is 3.27. The number of benzene rings is 3. The van der Waals surface area contributed by atoms with E-state index in [0.717, 1.165) is 12.1 Å². The second kappa shape index (κ2) is 7.80. The lowest BCUT2D eigenvalue weighted by molar-refractivity contribution is -0.394. The van der Waals surface area contributed by atoms with Crippen LogP contribution in [0.25, 0.3) is 5.57 Å². The largest absolute Gasteiger partial charge is 0.289 e. The lowest BCUT2D eigenvalue weighted by Gasteiger charge is -2.20. The highest BCUT2D eigenvalue weighted by Gasteiger charge is 2.38. The van der Waals surface area contributed by atoms with Crippen molar-refractivity contribution in [2.45, 2.75) is 0 Å². The molecule has 9 nitrogen and oxygen atoms in total. The molecule has 0 spiro atoms. The van der Waals surface area contributed by atoms with Gasteiger partial charge in [-0.2, -0.15) is 0 Å². The van der Waals surface area contributed by atoms with Crippen LogP contribution in [-0.4, -0.2) is 27.2 Å². The fraction of sp³-hybridized carbons (Fsp3) is 0. The lowest BCUT2D eigenvalue weighted by atomic mass is 9.78. The highest BCUT2D eigenvalue weighted by molar-refractivity contribution is 6.49. The zero-order valence-electron chi connectivity index (χ0n) is 16.2. The molecule has 3 aromatic rings. The van der Waals surface area contributed by atoms with Crippen molar-refractivity contribution in [3.8, 4) is 0 Å². The second-order valence-electron chi connectivity index (χ2n) is 6.86. The first-order valence-corrected chi connectivity index (χ1v) is 9.27. The Bertz CT molecular complexity index is 1370. The van der Waals surface area contributed by atoms with Gasteiger partial charge in [0.2, 0.25) is 5.78 Å². The molecule has 0 fully saturated rings. The van der Waals surface area contributed by atoms with Gasteiger partial charge < -0.3 is 0 Å². The van der Waals surface area contributed by atoms with Gasteiger partial charge in [-0.15, -0.1) is 0 Å². The van der Waals surface area contributed by atoms with Gasteiger partial charge in [-0.05, 0) is 11.6 Å². The van der Waals surface area contributed by atoms with Gasteiger partial charge in [0.1, 0.15) is 5.56 Å². The number of nitrogens with zero attached hydrogens (tertiary/aromatic N) is 2. The van der Waals surface area contributed by atoms with Crippen LogP contribution in [0.15, 0.2) is 78.4 Å². The van der Waals surface area contributed by atoms with Crippen molar-refractivity contribution in [3.63, 3.8) is 0 Å². The molecule has 0 aliphatic heterocycles. The quantitative estimate of drug-likeness (QED) is 0.257. The average molecular weight is 428 g/mol. The number of nitro groups is 2. The Balaban J connectivity index is 2.00. The molecule has 156 valence electrons. The van der Waals surface area contributed by atoms with Gasteiger partial charge in [0.25, 0.3) is 11.4 Å². The Labute approximate surface area is 179 Å². The fourth-order valence-corrected chi connectivity index (χ4v) is 3.58. The standard InChI is InChI=1S/C23H12N2O7/c26-21-15-8-4-5-9-16(15)22(27)20(19(21)13-6-2-1-3-7-13)23(28)17-11-10-14(24(29)30)12-18(17)25(31)32/h1-12H. The minimum Gasteiger partial charge on any atom is -0.289 e. The maximum absolute atomic E-state index is 13.5. The SMILES string of the molecule is O=C1C(C(=O)c2ccc([N+](=O)[O-])cc2[N+](=O)[O-])=C(c2ccccc2)C(=O)c2ccccc21. The normalized spacial score (nSPS) is 13.0. The Morgan fingerprint density at radius 1 is 0.719 bits per heavy atom. The Morgan fingerprint density at radius 2 is 1.31 bits per heavy atom. The molecule has 3 aromatic carbocycles. The molecule has 0 aromatic heterocycles. The van der Waals surface area contributed by atoms with Crippen LogP contribution < -0.4 is 0 Å². The van der Waals surface area contributed by atoms with Crippen LogP contribution in [0.4, 0.5) is 11.4 Å². The van der Waals surface area contributed by atoms with Crippen molar-refractivity contribution in [3.05, 3.63) is 121 Å². The molecule has 0 unspecified atom stereocenters. The van der Waals surface area contributed by atoms with E-state index in [1.165, 1.54) is 18.2 Å². The molecule has 0 radical (unpaired) electrons. The van der Waals surface area contributed by atoms with Gasteiger partial charge in [0, 0.05) is 22.8 Å². The molecule has 1 aliphatic carbocycles. The predicted molar refractivity (Wildman–Crippen MR) is 113 cm³/mol. The Kier molecular flexibility index (Phi) is 4.99. The van der Waals surface area contributed by atoms with E-state index in [1.54, 1.807) is 36.4 Å². The third-order valence-electron chi connectivity index (χ3n) is 5.04. The Morgan fingerprint density at radius 3 is 1.91 bits per heavy atom. The minimum atomic E-state index is -1.06. The summed E-state index contributed by atoms with van der Waals surface area (Å²) in [5.41, 5.74) is -2.21. The zero-order chi connectivity index (χ0) is 23.0. The molecule has 0 amide bonds. The van der Waals surface area contributed by atoms with E-state index in [9.17, 15) is 34.6 Å². The van der Waals surface area contributed by atoms with Crippen molar-refractivity contribution in [2.75, 3.05) is 0 Å². The lowest BCUT2D eigenvalue weighted by Crippen LogP contribution is -2.26. The van der Waals surface area contributed by atoms with E-state index in [1.807, 2.05) is 0 Å². The number of non-ortho nitro benzene ring substituents is 1. The molecule has 0 N–H and O–H groups in total. The number of carbonyl (C=O) groups excluding carboxylic acids is 3. The van der Waals surface area contributed by atoms with E-state index in [0.29, 0.717) is 11.6 Å². The van der Waals surface area contributed by atoms with E-state index in [4.69, 9.17) is 0 Å². The van der Waals surface area contributed by atoms with Crippen molar-refractivity contribution in [1.82, 2.24) is 0 Å². The van der Waals surface area contributed by atoms with E-state index in [2.05, 4.69) is 0 Å². The molecule has 9 heteroatoms. The first-order valence-electron chi connectivity index (χ1n) is 9.27. The summed E-state index contributed by atoms with van der Waals surface area (Å²) in [6, 6.07) is 16.5.